The number of aliphatic hydroxyl groups excluding tert-OH is 1. The number of nitrogens with zero attached hydrogens (tertiary/aromatic N) is 2. The zero-order chi connectivity index (χ0) is 9.90. The summed E-state index contributed by atoms with van der Waals surface area (Å²) in [6, 6.07) is 0. The lowest BCUT2D eigenvalue weighted by Crippen LogP contribution is -2.51. The Kier molecular flexibility index (Phi) is 3.63. The van der Waals surface area contributed by atoms with Gasteiger partial charge in [0.1, 0.15) is 0 Å². The fourth-order valence-corrected chi connectivity index (χ4v) is 2.02. The SMILES string of the molecule is NS(=O)(=O)N1CCN(CCO)CC1. The number of piperazine rings is 1. The fourth-order valence-electron chi connectivity index (χ4n) is 1.35. The van der Waals surface area contributed by atoms with E-state index < -0.39 is 10.2 Å². The molecule has 1 saturated heterocycles. The van der Waals surface area contributed by atoms with Crippen molar-refractivity contribution in [1.29, 1.82) is 0 Å². The summed E-state index contributed by atoms with van der Waals surface area (Å²) in [5, 5.41) is 13.6. The molecule has 6 nitrogen and oxygen atoms in total. The van der Waals surface area contributed by atoms with Crippen molar-refractivity contribution in [1.82, 2.24) is 9.21 Å². The minimum Gasteiger partial charge on any atom is -0.395 e. The minimum absolute atomic E-state index is 0.107. The van der Waals surface area contributed by atoms with Crippen LogP contribution in [0, 0.1) is 0 Å². The highest BCUT2D eigenvalue weighted by atomic mass is 32.2. The van der Waals surface area contributed by atoms with Crippen molar-refractivity contribution in [2.45, 2.75) is 0 Å². The summed E-state index contributed by atoms with van der Waals surface area (Å²) in [4.78, 5) is 2.00. The Hall–Kier alpha value is -0.210. The second kappa shape index (κ2) is 4.34. The third kappa shape index (κ3) is 3.20. The van der Waals surface area contributed by atoms with Gasteiger partial charge in [-0.15, -0.1) is 0 Å². The number of aliphatic hydroxyl groups is 1. The van der Waals surface area contributed by atoms with Gasteiger partial charge in [-0.2, -0.15) is 12.7 Å². The molecule has 0 atom stereocenters. The third-order valence-corrected chi connectivity index (χ3v) is 3.19. The summed E-state index contributed by atoms with van der Waals surface area (Å²) in [5.74, 6) is 0. The molecule has 0 spiro atoms. The van der Waals surface area contributed by atoms with Crippen LogP contribution >= 0.6 is 0 Å². The van der Waals surface area contributed by atoms with Gasteiger partial charge in [-0.25, -0.2) is 5.14 Å². The predicted octanol–water partition coefficient (Wildman–Crippen LogP) is -2.20. The average Bonchev–Trinajstić information content (AvgIpc) is 2.04. The molecule has 1 fully saturated rings. The first-order chi connectivity index (χ1) is 6.04. The molecule has 1 heterocycles. The molecule has 0 aliphatic carbocycles. The molecule has 0 aromatic rings. The number of rotatable bonds is 3. The number of β-amino-alcohol motifs (C(OH)–C–C–N with tert-alkyl or cyclic N) is 1. The highest BCUT2D eigenvalue weighted by Gasteiger charge is 2.23. The molecular weight excluding hydrogens is 194 g/mol. The Morgan fingerprint density at radius 3 is 2.15 bits per heavy atom. The molecule has 1 rings (SSSR count). The summed E-state index contributed by atoms with van der Waals surface area (Å²) in [7, 11) is -3.52. The van der Waals surface area contributed by atoms with Crippen LogP contribution in [0.3, 0.4) is 0 Å². The molecule has 0 unspecified atom stereocenters. The van der Waals surface area contributed by atoms with Gasteiger partial charge >= 0.3 is 0 Å². The van der Waals surface area contributed by atoms with E-state index in [4.69, 9.17) is 10.2 Å². The Morgan fingerprint density at radius 1 is 1.23 bits per heavy atom. The van der Waals surface area contributed by atoms with Gasteiger partial charge in [0.05, 0.1) is 6.61 Å². The molecule has 0 radical (unpaired) electrons. The maximum Gasteiger partial charge on any atom is 0.276 e. The molecule has 78 valence electrons. The van der Waals surface area contributed by atoms with Crippen LogP contribution < -0.4 is 5.14 Å². The molecule has 3 N–H and O–H groups in total. The van der Waals surface area contributed by atoms with E-state index in [2.05, 4.69) is 0 Å². The third-order valence-electron chi connectivity index (χ3n) is 2.11. The van der Waals surface area contributed by atoms with Crippen LogP contribution in [0.15, 0.2) is 0 Å². The summed E-state index contributed by atoms with van der Waals surface area (Å²) < 4.78 is 23.0. The summed E-state index contributed by atoms with van der Waals surface area (Å²) >= 11 is 0. The Balaban J connectivity index is 2.39. The molecule has 1 aliphatic heterocycles. The monoisotopic (exact) mass is 209 g/mol. The number of hydrogen-bond acceptors (Lipinski definition) is 4. The van der Waals surface area contributed by atoms with Gasteiger partial charge in [0.25, 0.3) is 10.2 Å². The van der Waals surface area contributed by atoms with E-state index in [9.17, 15) is 8.42 Å². The van der Waals surface area contributed by atoms with Crippen LogP contribution in [-0.2, 0) is 10.2 Å². The maximum absolute atomic E-state index is 10.9. The molecule has 7 heteroatoms. The Morgan fingerprint density at radius 2 is 1.77 bits per heavy atom. The van der Waals surface area contributed by atoms with Crippen LogP contribution in [-0.4, -0.2) is 62.1 Å². The van der Waals surface area contributed by atoms with Gasteiger partial charge in [0.2, 0.25) is 0 Å². The fraction of sp³-hybridized carbons (Fsp3) is 1.00. The standard InChI is InChI=1S/C6H15N3O3S/c7-13(11,12)9-3-1-8(2-4-9)5-6-10/h10H,1-6H2,(H2,7,11,12). The van der Waals surface area contributed by atoms with E-state index in [-0.39, 0.29) is 6.61 Å². The molecule has 0 aromatic heterocycles. The van der Waals surface area contributed by atoms with Crippen LogP contribution in [0.5, 0.6) is 0 Å². The average molecular weight is 209 g/mol. The van der Waals surface area contributed by atoms with Crippen LogP contribution in [0.2, 0.25) is 0 Å². The van der Waals surface area contributed by atoms with Crippen molar-refractivity contribution in [2.75, 3.05) is 39.3 Å². The molecule has 0 aromatic carbocycles. The van der Waals surface area contributed by atoms with E-state index in [0.717, 1.165) is 0 Å². The smallest absolute Gasteiger partial charge is 0.276 e. The van der Waals surface area contributed by atoms with E-state index in [1.165, 1.54) is 4.31 Å². The van der Waals surface area contributed by atoms with E-state index in [0.29, 0.717) is 32.7 Å². The van der Waals surface area contributed by atoms with Crippen LogP contribution in [0.25, 0.3) is 0 Å². The highest BCUT2D eigenvalue weighted by Crippen LogP contribution is 2.03. The first-order valence-electron chi connectivity index (χ1n) is 4.15. The Labute approximate surface area is 78.1 Å². The topological polar surface area (TPSA) is 86.9 Å². The van der Waals surface area contributed by atoms with E-state index in [1.54, 1.807) is 0 Å². The largest absolute Gasteiger partial charge is 0.395 e. The van der Waals surface area contributed by atoms with Crippen molar-refractivity contribution in [3.05, 3.63) is 0 Å². The second-order valence-electron chi connectivity index (χ2n) is 3.01. The maximum atomic E-state index is 10.9. The van der Waals surface area contributed by atoms with Crippen molar-refractivity contribution in [2.24, 2.45) is 5.14 Å². The number of hydrogen-bond donors (Lipinski definition) is 2. The van der Waals surface area contributed by atoms with Gasteiger partial charge in [-0.3, -0.25) is 4.90 Å². The lowest BCUT2D eigenvalue weighted by molar-refractivity contribution is 0.151. The quantitative estimate of drug-likeness (QED) is 0.552. The van der Waals surface area contributed by atoms with E-state index >= 15 is 0 Å². The van der Waals surface area contributed by atoms with Crippen molar-refractivity contribution in [3.63, 3.8) is 0 Å². The van der Waals surface area contributed by atoms with Crippen molar-refractivity contribution in [3.8, 4) is 0 Å². The van der Waals surface area contributed by atoms with Crippen LogP contribution in [0.1, 0.15) is 0 Å². The van der Waals surface area contributed by atoms with Crippen molar-refractivity contribution < 1.29 is 13.5 Å². The zero-order valence-electron chi connectivity index (χ0n) is 7.39. The molecule has 1 aliphatic rings. The predicted molar refractivity (Wildman–Crippen MR) is 48.2 cm³/mol. The first kappa shape index (κ1) is 10.9. The van der Waals surface area contributed by atoms with Gasteiger partial charge in [0.15, 0.2) is 0 Å². The lowest BCUT2D eigenvalue weighted by Gasteiger charge is -2.32. The van der Waals surface area contributed by atoms with Gasteiger partial charge in [-0.05, 0) is 0 Å². The van der Waals surface area contributed by atoms with Gasteiger partial charge in [0, 0.05) is 32.7 Å². The van der Waals surface area contributed by atoms with Crippen molar-refractivity contribution >= 4 is 10.2 Å². The molecule has 0 saturated carbocycles. The first-order valence-corrected chi connectivity index (χ1v) is 5.65. The number of nitrogens with two attached hydrogens (primary N) is 1. The van der Waals surface area contributed by atoms with Gasteiger partial charge < -0.3 is 5.11 Å². The minimum atomic E-state index is -3.52. The van der Waals surface area contributed by atoms with Gasteiger partial charge in [-0.1, -0.05) is 0 Å². The highest BCUT2D eigenvalue weighted by molar-refractivity contribution is 7.86. The second-order valence-corrected chi connectivity index (χ2v) is 4.56. The van der Waals surface area contributed by atoms with Crippen LogP contribution in [0.4, 0.5) is 0 Å². The molecule has 0 amide bonds. The Bertz CT molecular complexity index is 246. The normalized spacial score (nSPS) is 22.0. The molecule has 0 bridgehead atoms. The lowest BCUT2D eigenvalue weighted by atomic mass is 10.4. The summed E-state index contributed by atoms with van der Waals surface area (Å²) in [5.41, 5.74) is 0. The molecule has 13 heavy (non-hydrogen) atoms. The summed E-state index contributed by atoms with van der Waals surface area (Å²) in [6.45, 7) is 2.81. The molecular formula is C6H15N3O3S. The summed E-state index contributed by atoms with van der Waals surface area (Å²) in [6.07, 6.45) is 0. The zero-order valence-corrected chi connectivity index (χ0v) is 8.20. The van der Waals surface area contributed by atoms with E-state index in [1.807, 2.05) is 4.90 Å².